The molecule has 6 heteroatoms. The van der Waals surface area contributed by atoms with Crippen molar-refractivity contribution in [2.24, 2.45) is 0 Å². The summed E-state index contributed by atoms with van der Waals surface area (Å²) in [5, 5.41) is 0. The second kappa shape index (κ2) is 7.02. The lowest BCUT2D eigenvalue weighted by molar-refractivity contribution is 0.0296. The van der Waals surface area contributed by atoms with Crippen LogP contribution in [-0.2, 0) is 14.8 Å². The van der Waals surface area contributed by atoms with Crippen LogP contribution in [0.4, 0.5) is 0 Å². The summed E-state index contributed by atoms with van der Waals surface area (Å²) in [6.07, 6.45) is 4.07. The molecule has 2 saturated heterocycles. The first-order valence-electron chi connectivity index (χ1n) is 7.43. The maximum atomic E-state index is 12.3. The van der Waals surface area contributed by atoms with Crippen LogP contribution in [0, 0.1) is 0 Å². The summed E-state index contributed by atoms with van der Waals surface area (Å²) in [6, 6.07) is 0. The monoisotopic (exact) mass is 290 g/mol. The predicted octanol–water partition coefficient (Wildman–Crippen LogP) is 0.913. The topological polar surface area (TPSA) is 49.9 Å². The van der Waals surface area contributed by atoms with Gasteiger partial charge >= 0.3 is 0 Å². The molecule has 2 rings (SSSR count). The SMILES string of the molecule is CCCN1CCN(S(=O)(=O)CC2CCCCO2)CC1. The van der Waals surface area contributed by atoms with Crippen molar-refractivity contribution in [2.45, 2.75) is 38.7 Å². The molecule has 0 spiro atoms. The fourth-order valence-corrected chi connectivity index (χ4v) is 4.49. The average Bonchev–Trinajstić information content (AvgIpc) is 2.40. The van der Waals surface area contributed by atoms with Gasteiger partial charge < -0.3 is 9.64 Å². The van der Waals surface area contributed by atoms with Gasteiger partial charge in [0.25, 0.3) is 0 Å². The molecule has 1 atom stereocenters. The largest absolute Gasteiger partial charge is 0.377 e. The highest BCUT2D eigenvalue weighted by Gasteiger charge is 2.30. The Morgan fingerprint density at radius 2 is 1.89 bits per heavy atom. The van der Waals surface area contributed by atoms with Gasteiger partial charge in [-0.1, -0.05) is 6.92 Å². The Morgan fingerprint density at radius 3 is 2.47 bits per heavy atom. The highest BCUT2D eigenvalue weighted by atomic mass is 32.2. The van der Waals surface area contributed by atoms with Crippen molar-refractivity contribution in [1.82, 2.24) is 9.21 Å². The third-order valence-corrected chi connectivity index (χ3v) is 5.88. The predicted molar refractivity (Wildman–Crippen MR) is 75.7 cm³/mol. The van der Waals surface area contributed by atoms with Crippen molar-refractivity contribution < 1.29 is 13.2 Å². The van der Waals surface area contributed by atoms with E-state index in [1.165, 1.54) is 0 Å². The third-order valence-electron chi connectivity index (χ3n) is 3.93. The van der Waals surface area contributed by atoms with Crippen molar-refractivity contribution in [3.63, 3.8) is 0 Å². The van der Waals surface area contributed by atoms with Crippen LogP contribution in [0.2, 0.25) is 0 Å². The minimum atomic E-state index is -3.14. The standard InChI is InChI=1S/C13H26N2O3S/c1-2-6-14-7-9-15(10-8-14)19(16,17)12-13-5-3-4-11-18-13/h13H,2-12H2,1H3. The molecule has 0 radical (unpaired) electrons. The molecular weight excluding hydrogens is 264 g/mol. The molecule has 2 aliphatic rings. The summed E-state index contributed by atoms with van der Waals surface area (Å²) in [5.74, 6) is 0.167. The molecule has 0 aliphatic carbocycles. The average molecular weight is 290 g/mol. The van der Waals surface area contributed by atoms with Gasteiger partial charge in [0.15, 0.2) is 0 Å². The molecular formula is C13H26N2O3S. The van der Waals surface area contributed by atoms with E-state index in [2.05, 4.69) is 11.8 Å². The van der Waals surface area contributed by atoms with Gasteiger partial charge in [-0.25, -0.2) is 8.42 Å². The Bertz CT molecular complexity index is 358. The van der Waals surface area contributed by atoms with Crippen LogP contribution < -0.4 is 0 Å². The molecule has 112 valence electrons. The van der Waals surface area contributed by atoms with Gasteiger partial charge in [0.05, 0.1) is 11.9 Å². The molecule has 5 nitrogen and oxygen atoms in total. The summed E-state index contributed by atoms with van der Waals surface area (Å²) in [7, 11) is -3.14. The number of nitrogens with zero attached hydrogens (tertiary/aromatic N) is 2. The second-order valence-corrected chi connectivity index (χ2v) is 7.52. The van der Waals surface area contributed by atoms with Gasteiger partial charge in [-0.05, 0) is 32.2 Å². The van der Waals surface area contributed by atoms with Crippen molar-refractivity contribution in [2.75, 3.05) is 45.1 Å². The van der Waals surface area contributed by atoms with Crippen molar-refractivity contribution in [3.05, 3.63) is 0 Å². The maximum Gasteiger partial charge on any atom is 0.216 e. The zero-order chi connectivity index (χ0) is 13.7. The molecule has 0 amide bonds. The Balaban J connectivity index is 1.83. The number of piperazine rings is 1. The van der Waals surface area contributed by atoms with Gasteiger partial charge in [0.2, 0.25) is 10.0 Å². The molecule has 2 heterocycles. The quantitative estimate of drug-likeness (QED) is 0.755. The minimum absolute atomic E-state index is 0.0904. The first kappa shape index (κ1) is 15.2. The summed E-state index contributed by atoms with van der Waals surface area (Å²) < 4.78 is 31.9. The van der Waals surface area contributed by atoms with Crippen LogP contribution >= 0.6 is 0 Å². The smallest absolute Gasteiger partial charge is 0.216 e. The van der Waals surface area contributed by atoms with Crippen molar-refractivity contribution >= 4 is 10.0 Å². The van der Waals surface area contributed by atoms with E-state index in [4.69, 9.17) is 4.74 Å². The van der Waals surface area contributed by atoms with Gasteiger partial charge in [-0.2, -0.15) is 4.31 Å². The van der Waals surface area contributed by atoms with Crippen molar-refractivity contribution in [1.29, 1.82) is 0 Å². The lowest BCUT2D eigenvalue weighted by Crippen LogP contribution is -2.50. The highest BCUT2D eigenvalue weighted by Crippen LogP contribution is 2.17. The van der Waals surface area contributed by atoms with Crippen LogP contribution in [0.5, 0.6) is 0 Å². The summed E-state index contributed by atoms with van der Waals surface area (Å²) in [6.45, 7) is 6.93. The molecule has 2 fully saturated rings. The Labute approximate surface area is 117 Å². The first-order valence-corrected chi connectivity index (χ1v) is 9.04. The lowest BCUT2D eigenvalue weighted by atomic mass is 10.1. The Hall–Kier alpha value is -0.170. The van der Waals surface area contributed by atoms with E-state index in [1.54, 1.807) is 4.31 Å². The van der Waals surface area contributed by atoms with Crippen LogP contribution in [0.3, 0.4) is 0 Å². The van der Waals surface area contributed by atoms with E-state index in [-0.39, 0.29) is 11.9 Å². The van der Waals surface area contributed by atoms with E-state index >= 15 is 0 Å². The van der Waals surface area contributed by atoms with Crippen LogP contribution in [-0.4, -0.2) is 68.8 Å². The molecule has 0 aromatic rings. The molecule has 0 aromatic heterocycles. The zero-order valence-electron chi connectivity index (χ0n) is 11.9. The van der Waals surface area contributed by atoms with Gasteiger partial charge in [0.1, 0.15) is 0 Å². The Morgan fingerprint density at radius 1 is 1.16 bits per heavy atom. The van der Waals surface area contributed by atoms with E-state index < -0.39 is 10.0 Å². The van der Waals surface area contributed by atoms with Gasteiger partial charge in [-0.3, -0.25) is 0 Å². The molecule has 1 unspecified atom stereocenters. The number of rotatable bonds is 5. The third kappa shape index (κ3) is 4.41. The molecule has 19 heavy (non-hydrogen) atoms. The summed E-state index contributed by atoms with van der Waals surface area (Å²) in [5.41, 5.74) is 0. The Kier molecular flexibility index (Phi) is 5.62. The van der Waals surface area contributed by atoms with Gasteiger partial charge in [-0.15, -0.1) is 0 Å². The molecule has 0 aromatic carbocycles. The number of hydrogen-bond donors (Lipinski definition) is 0. The van der Waals surface area contributed by atoms with Crippen LogP contribution in [0.1, 0.15) is 32.6 Å². The molecule has 2 aliphatic heterocycles. The van der Waals surface area contributed by atoms with Crippen LogP contribution in [0.15, 0.2) is 0 Å². The summed E-state index contributed by atoms with van der Waals surface area (Å²) >= 11 is 0. The second-order valence-electron chi connectivity index (χ2n) is 5.51. The van der Waals surface area contributed by atoms with E-state index in [0.717, 1.165) is 45.3 Å². The van der Waals surface area contributed by atoms with Crippen LogP contribution in [0.25, 0.3) is 0 Å². The number of ether oxygens (including phenoxy) is 1. The number of hydrogen-bond acceptors (Lipinski definition) is 4. The number of sulfonamides is 1. The fraction of sp³-hybridized carbons (Fsp3) is 1.00. The van der Waals surface area contributed by atoms with Crippen molar-refractivity contribution in [3.8, 4) is 0 Å². The summed E-state index contributed by atoms with van der Waals surface area (Å²) in [4.78, 5) is 2.34. The zero-order valence-corrected chi connectivity index (χ0v) is 12.7. The lowest BCUT2D eigenvalue weighted by Gasteiger charge is -2.34. The fourth-order valence-electron chi connectivity index (χ4n) is 2.83. The first-order chi connectivity index (χ1) is 9.12. The molecule has 0 N–H and O–H groups in total. The van der Waals surface area contributed by atoms with Gasteiger partial charge in [0, 0.05) is 32.8 Å². The highest BCUT2D eigenvalue weighted by molar-refractivity contribution is 7.89. The molecule has 0 bridgehead atoms. The normalized spacial score (nSPS) is 27.5. The molecule has 0 saturated carbocycles. The van der Waals surface area contributed by atoms with E-state index in [9.17, 15) is 8.42 Å². The van der Waals surface area contributed by atoms with E-state index in [1.807, 2.05) is 0 Å². The maximum absolute atomic E-state index is 12.3. The van der Waals surface area contributed by atoms with E-state index in [0.29, 0.717) is 19.7 Å². The minimum Gasteiger partial charge on any atom is -0.377 e.